The normalized spacial score (nSPS) is 11.6. The van der Waals surface area contributed by atoms with Gasteiger partial charge in [0, 0.05) is 24.8 Å². The molecule has 0 unspecified atom stereocenters. The van der Waals surface area contributed by atoms with Crippen molar-refractivity contribution in [3.8, 4) is 5.75 Å². The second kappa shape index (κ2) is 9.23. The molecule has 0 atom stereocenters. The number of hydrogen-bond donors (Lipinski definition) is 1. The van der Waals surface area contributed by atoms with Crippen molar-refractivity contribution in [1.29, 1.82) is 0 Å². The average Bonchev–Trinajstić information content (AvgIpc) is 2.67. The molecule has 11 heteroatoms. The number of amides is 1. The summed E-state index contributed by atoms with van der Waals surface area (Å²) in [6.45, 7) is 2.90. The molecule has 2 aromatic rings. The van der Waals surface area contributed by atoms with Crippen molar-refractivity contribution in [3.63, 3.8) is 0 Å². The van der Waals surface area contributed by atoms with E-state index in [1.54, 1.807) is 13.8 Å². The van der Waals surface area contributed by atoms with Gasteiger partial charge in [-0.1, -0.05) is 19.9 Å². The van der Waals surface area contributed by atoms with E-state index in [0.717, 1.165) is 0 Å². The van der Waals surface area contributed by atoms with Crippen LogP contribution in [-0.2, 0) is 14.8 Å². The third-order valence-corrected chi connectivity index (χ3v) is 5.93. The van der Waals surface area contributed by atoms with E-state index in [1.165, 1.54) is 28.6 Å². The Morgan fingerprint density at radius 1 is 1.03 bits per heavy atom. The molecule has 2 aromatic carbocycles. The van der Waals surface area contributed by atoms with Crippen LogP contribution in [0.15, 0.2) is 35.2 Å². The van der Waals surface area contributed by atoms with Crippen LogP contribution < -0.4 is 10.1 Å². The summed E-state index contributed by atoms with van der Waals surface area (Å²) < 4.78 is 84.2. The molecule has 0 aromatic heterocycles. The van der Waals surface area contributed by atoms with Gasteiger partial charge in [0.1, 0.15) is 0 Å². The van der Waals surface area contributed by atoms with Crippen LogP contribution in [0, 0.1) is 23.3 Å². The predicted molar refractivity (Wildman–Crippen MR) is 96.9 cm³/mol. The molecule has 0 radical (unpaired) electrons. The van der Waals surface area contributed by atoms with Crippen LogP contribution in [0.4, 0.5) is 23.2 Å². The van der Waals surface area contributed by atoms with Crippen LogP contribution in [0.1, 0.15) is 13.8 Å². The molecule has 0 heterocycles. The number of carbonyl (C=O) groups excluding carboxylic acids is 1. The molecule has 1 N–H and O–H groups in total. The number of benzene rings is 2. The zero-order chi connectivity index (χ0) is 21.8. The molecule has 0 bridgehead atoms. The lowest BCUT2D eigenvalue weighted by Gasteiger charge is -2.18. The predicted octanol–water partition coefficient (Wildman–Crippen LogP) is 3.29. The summed E-state index contributed by atoms with van der Waals surface area (Å²) in [5.74, 6) is -9.18. The number of ether oxygens (including phenoxy) is 1. The number of hydrogen-bond acceptors (Lipinski definition) is 4. The molecule has 0 saturated carbocycles. The number of carbonyl (C=O) groups is 1. The summed E-state index contributed by atoms with van der Waals surface area (Å²) in [5, 5.41) is 2.29. The summed E-state index contributed by atoms with van der Waals surface area (Å²) in [6.07, 6.45) is 0. The summed E-state index contributed by atoms with van der Waals surface area (Å²) in [5.41, 5.74) is 0.0817. The van der Waals surface area contributed by atoms with Crippen molar-refractivity contribution in [1.82, 2.24) is 4.31 Å². The Hall–Kier alpha value is -2.66. The number of nitrogens with one attached hydrogen (secondary N) is 1. The van der Waals surface area contributed by atoms with E-state index in [0.29, 0.717) is 0 Å². The van der Waals surface area contributed by atoms with Crippen LogP contribution in [0.2, 0.25) is 0 Å². The van der Waals surface area contributed by atoms with Crippen molar-refractivity contribution in [2.24, 2.45) is 0 Å². The molecule has 0 saturated heterocycles. The molecule has 6 nitrogen and oxygen atoms in total. The lowest BCUT2D eigenvalue weighted by Crippen LogP contribution is -2.30. The zero-order valence-electron chi connectivity index (χ0n) is 15.5. The molecule has 0 aliphatic rings. The van der Waals surface area contributed by atoms with E-state index in [-0.39, 0.29) is 29.7 Å². The Balaban J connectivity index is 2.13. The second-order valence-corrected chi connectivity index (χ2v) is 7.69. The number of halogens is 4. The Bertz CT molecular complexity index is 985. The standard InChI is InChI=1S/C18H18F4N2O4S/c1-3-24(4-2)29(26,27)12-7-5-6-11(8-12)23-15(25)10-28-18-16(21)13(19)9-14(20)17(18)22/h5-9H,3-4,10H2,1-2H3,(H,23,25). The van der Waals surface area contributed by atoms with Crippen LogP contribution in [0.25, 0.3) is 0 Å². The maximum Gasteiger partial charge on any atom is 0.262 e. The molecular weight excluding hydrogens is 416 g/mol. The minimum atomic E-state index is -3.77. The smallest absolute Gasteiger partial charge is 0.262 e. The van der Waals surface area contributed by atoms with Crippen molar-refractivity contribution < 1.29 is 35.5 Å². The largest absolute Gasteiger partial charge is 0.477 e. The van der Waals surface area contributed by atoms with Crippen LogP contribution >= 0.6 is 0 Å². The summed E-state index contributed by atoms with van der Waals surface area (Å²) in [7, 11) is -3.77. The van der Waals surface area contributed by atoms with Gasteiger partial charge in [0.25, 0.3) is 5.91 Å². The number of rotatable bonds is 8. The molecule has 29 heavy (non-hydrogen) atoms. The van der Waals surface area contributed by atoms with E-state index in [4.69, 9.17) is 0 Å². The van der Waals surface area contributed by atoms with Crippen LogP contribution in [0.5, 0.6) is 5.75 Å². The number of sulfonamides is 1. The van der Waals surface area contributed by atoms with Gasteiger partial charge in [-0.2, -0.15) is 13.1 Å². The Morgan fingerprint density at radius 3 is 2.17 bits per heavy atom. The fourth-order valence-corrected chi connectivity index (χ4v) is 3.96. The number of nitrogens with zero attached hydrogens (tertiary/aromatic N) is 1. The molecular formula is C18H18F4N2O4S. The molecule has 0 aliphatic heterocycles. The van der Waals surface area contributed by atoms with Gasteiger partial charge in [0.05, 0.1) is 4.90 Å². The fraction of sp³-hybridized carbons (Fsp3) is 0.278. The van der Waals surface area contributed by atoms with Gasteiger partial charge < -0.3 is 10.1 Å². The molecule has 158 valence electrons. The first-order valence-corrected chi connectivity index (χ1v) is 9.91. The van der Waals surface area contributed by atoms with Crippen molar-refractivity contribution in [2.45, 2.75) is 18.7 Å². The lowest BCUT2D eigenvalue weighted by molar-refractivity contribution is -0.118. The quantitative estimate of drug-likeness (QED) is 0.511. The summed E-state index contributed by atoms with van der Waals surface area (Å²) in [4.78, 5) is 11.9. The minimum Gasteiger partial charge on any atom is -0.477 e. The van der Waals surface area contributed by atoms with Gasteiger partial charge in [-0.15, -0.1) is 0 Å². The van der Waals surface area contributed by atoms with Gasteiger partial charge in [0.2, 0.25) is 21.7 Å². The van der Waals surface area contributed by atoms with Gasteiger partial charge in [-0.05, 0) is 18.2 Å². The molecule has 0 fully saturated rings. The van der Waals surface area contributed by atoms with Gasteiger partial charge in [-0.3, -0.25) is 4.79 Å². The van der Waals surface area contributed by atoms with E-state index in [9.17, 15) is 30.8 Å². The summed E-state index contributed by atoms with van der Waals surface area (Å²) in [6, 6.07) is 5.35. The SMILES string of the molecule is CCN(CC)S(=O)(=O)c1cccc(NC(=O)COc2c(F)c(F)cc(F)c2F)c1. The highest BCUT2D eigenvalue weighted by atomic mass is 32.2. The second-order valence-electron chi connectivity index (χ2n) is 5.75. The monoisotopic (exact) mass is 434 g/mol. The number of anilines is 1. The fourth-order valence-electron chi connectivity index (χ4n) is 2.46. The maximum atomic E-state index is 13.5. The molecule has 0 spiro atoms. The first kappa shape index (κ1) is 22.6. The van der Waals surface area contributed by atoms with Gasteiger partial charge in [-0.25, -0.2) is 17.2 Å². The van der Waals surface area contributed by atoms with Gasteiger partial charge in [0.15, 0.2) is 24.0 Å². The Labute approximate surface area is 165 Å². The highest BCUT2D eigenvalue weighted by Crippen LogP contribution is 2.26. The van der Waals surface area contributed by atoms with Crippen LogP contribution in [-0.4, -0.2) is 38.3 Å². The third-order valence-electron chi connectivity index (χ3n) is 3.88. The van der Waals surface area contributed by atoms with E-state index < -0.39 is 51.6 Å². The molecule has 2 rings (SSSR count). The van der Waals surface area contributed by atoms with E-state index in [1.807, 2.05) is 0 Å². The van der Waals surface area contributed by atoms with Crippen molar-refractivity contribution in [3.05, 3.63) is 53.6 Å². The maximum absolute atomic E-state index is 13.5. The van der Waals surface area contributed by atoms with Crippen molar-refractivity contribution in [2.75, 3.05) is 25.0 Å². The van der Waals surface area contributed by atoms with Crippen molar-refractivity contribution >= 4 is 21.6 Å². The summed E-state index contributed by atoms with van der Waals surface area (Å²) >= 11 is 0. The van der Waals surface area contributed by atoms with Gasteiger partial charge >= 0.3 is 0 Å². The highest BCUT2D eigenvalue weighted by Gasteiger charge is 2.23. The van der Waals surface area contributed by atoms with E-state index in [2.05, 4.69) is 10.1 Å². The topological polar surface area (TPSA) is 75.7 Å². The zero-order valence-corrected chi connectivity index (χ0v) is 16.3. The first-order valence-electron chi connectivity index (χ1n) is 8.47. The third kappa shape index (κ3) is 5.04. The molecule has 1 amide bonds. The molecule has 0 aliphatic carbocycles. The Kier molecular flexibility index (Phi) is 7.20. The van der Waals surface area contributed by atoms with Crippen LogP contribution in [0.3, 0.4) is 0 Å². The lowest BCUT2D eigenvalue weighted by atomic mass is 10.3. The minimum absolute atomic E-state index is 0.0133. The Morgan fingerprint density at radius 2 is 1.62 bits per heavy atom. The first-order chi connectivity index (χ1) is 13.6. The van der Waals surface area contributed by atoms with E-state index >= 15 is 0 Å². The average molecular weight is 434 g/mol. The highest BCUT2D eigenvalue weighted by molar-refractivity contribution is 7.89.